The second-order valence-corrected chi connectivity index (χ2v) is 24.0. The first-order chi connectivity index (χ1) is 37.4. The van der Waals surface area contributed by atoms with Crippen LogP contribution in [0.2, 0.25) is 0 Å². The van der Waals surface area contributed by atoms with Crippen molar-refractivity contribution in [2.24, 2.45) is 23.7 Å². The van der Waals surface area contributed by atoms with Gasteiger partial charge in [0.15, 0.2) is 24.3 Å². The molecule has 3 N–H and O–H groups in total. The lowest BCUT2D eigenvalue weighted by atomic mass is 9.73. The van der Waals surface area contributed by atoms with Crippen LogP contribution in [0.5, 0.6) is 0 Å². The summed E-state index contributed by atoms with van der Waals surface area (Å²) in [5.41, 5.74) is -3.26. The number of alkyl carbamates (subject to hydrolysis) is 1. The van der Waals surface area contributed by atoms with Crippen molar-refractivity contribution in [2.45, 2.75) is 198 Å². The normalized spacial score (nSPS) is 36.5. The first kappa shape index (κ1) is 64.4. The molecule has 0 spiro atoms. The highest BCUT2D eigenvalue weighted by Gasteiger charge is 2.58. The number of aryl methyl sites for hydroxylation is 1. The molecular weight excluding hydrogens is 1040 g/mol. The van der Waals surface area contributed by atoms with Crippen LogP contribution in [-0.4, -0.2) is 201 Å². The molecule has 1 aromatic carbocycles. The van der Waals surface area contributed by atoms with Crippen LogP contribution < -0.4 is 15.8 Å². The molecule has 22 heteroatoms. The molecule has 0 unspecified atom stereocenters. The summed E-state index contributed by atoms with van der Waals surface area (Å²) >= 11 is 0. The number of aromatic nitrogens is 1. The van der Waals surface area contributed by atoms with Gasteiger partial charge in [0.1, 0.15) is 29.2 Å². The number of nitrogens with zero attached hydrogens (tertiary/aromatic N) is 4. The lowest BCUT2D eigenvalue weighted by molar-refractivity contribution is -0.320. The van der Waals surface area contributed by atoms with Crippen molar-refractivity contribution in [3.05, 3.63) is 45.7 Å². The van der Waals surface area contributed by atoms with Gasteiger partial charge in [0.25, 0.3) is 0 Å². The number of ketones is 1. The van der Waals surface area contributed by atoms with E-state index in [0.717, 1.165) is 5.56 Å². The number of nitrogens with one attached hydrogen (secondary N) is 1. The maximum atomic E-state index is 14.8. The van der Waals surface area contributed by atoms with Crippen LogP contribution in [0.15, 0.2) is 29.2 Å². The van der Waals surface area contributed by atoms with Gasteiger partial charge in [-0.15, -0.1) is 0 Å². The molecule has 22 nitrogen and oxygen atoms in total. The number of rotatable bonds is 18. The van der Waals surface area contributed by atoms with Gasteiger partial charge < -0.3 is 73.0 Å². The van der Waals surface area contributed by atoms with Crippen LogP contribution in [0, 0.1) is 23.7 Å². The van der Waals surface area contributed by atoms with E-state index in [9.17, 15) is 39.0 Å². The zero-order chi connectivity index (χ0) is 59.5. The van der Waals surface area contributed by atoms with Crippen molar-refractivity contribution in [3.8, 4) is 0 Å². The monoisotopic (exact) mass is 1130 g/mol. The number of hydrogen-bond donors (Lipinski definition) is 3. The number of carbonyl (C=O) groups excluding carboxylic acids is 4. The molecule has 6 rings (SSSR count). The Bertz CT molecular complexity index is 2580. The average molecular weight is 1130 g/mol. The van der Waals surface area contributed by atoms with Crippen molar-refractivity contribution in [1.29, 1.82) is 0 Å². The van der Waals surface area contributed by atoms with Crippen molar-refractivity contribution in [3.63, 3.8) is 0 Å². The van der Waals surface area contributed by atoms with E-state index in [-0.39, 0.29) is 49.2 Å². The molecule has 1 amide bonds. The summed E-state index contributed by atoms with van der Waals surface area (Å²) in [5.74, 6) is -5.90. The number of aliphatic hydroxyl groups excluding tert-OH is 1. The number of fused-ring (bicyclic) bond motifs is 2. The van der Waals surface area contributed by atoms with Crippen LogP contribution >= 0.6 is 0 Å². The smallest absolute Gasteiger partial charge is 0.408 e. The molecule has 5 heterocycles. The number of carboxylic acids is 1. The van der Waals surface area contributed by atoms with Gasteiger partial charge in [0.2, 0.25) is 5.43 Å². The van der Waals surface area contributed by atoms with Crippen LogP contribution in [0.4, 0.5) is 4.79 Å². The molecule has 0 aliphatic carbocycles. The number of carbonyl (C=O) groups is 5. The number of hydrogen-bond acceptors (Lipinski definition) is 19. The lowest BCUT2D eigenvalue weighted by Crippen LogP contribution is -2.62. The van der Waals surface area contributed by atoms with E-state index in [2.05, 4.69) is 5.32 Å². The number of esters is 2. The van der Waals surface area contributed by atoms with E-state index in [1.54, 1.807) is 64.5 Å². The Morgan fingerprint density at radius 3 is 2.15 bits per heavy atom. The molecule has 4 aliphatic rings. The quantitative estimate of drug-likeness (QED) is 0.132. The maximum Gasteiger partial charge on any atom is 0.408 e. The van der Waals surface area contributed by atoms with Crippen LogP contribution in [-0.2, 0) is 63.4 Å². The van der Waals surface area contributed by atoms with Gasteiger partial charge in [-0.2, -0.15) is 0 Å². The van der Waals surface area contributed by atoms with E-state index >= 15 is 0 Å². The highest BCUT2D eigenvalue weighted by atomic mass is 16.7. The predicted molar refractivity (Wildman–Crippen MR) is 296 cm³/mol. The maximum absolute atomic E-state index is 14.8. The minimum atomic E-state index is -1.42. The highest BCUT2D eigenvalue weighted by Crippen LogP contribution is 2.43. The van der Waals surface area contributed by atoms with E-state index < -0.39 is 125 Å². The Hall–Kier alpha value is -4.78. The predicted octanol–water partition coefficient (Wildman–Crippen LogP) is 4.91. The standard InChI is InChI=1S/C58H91N5O17/c1-18-42-58(10)49(59-55(71)80-58)33(4)45(65)31(2)28-56(8,72-16)50(79-54-47(67)41(60(11)12)26-32(3)74-54)34(5)48(35(6)53(70)76-42)78-44-29-57(9,73-17)51(36(7)75-44)77-43(64)23-25-62(15)24-19-20-37-21-22-40-38(27-37)46(66)39(52(68)69)30-63(40)61(13)14/h21-22,27,30-36,41-42,44,47-51,54,67H,18-20,23-26,28-29H2,1-17H3,(H,59,71)(H,68,69)/t31-,32-,33+,34+,35-,36+,41+,42-,44+,47-,48+,49-,50-,51+,54+,56-,57-,58-/m1/s1. The van der Waals surface area contributed by atoms with Crippen LogP contribution in [0.3, 0.4) is 0 Å². The van der Waals surface area contributed by atoms with Gasteiger partial charge in [0.05, 0.1) is 53.9 Å². The van der Waals surface area contributed by atoms with Crippen molar-refractivity contribution >= 4 is 40.7 Å². The number of cyclic esters (lactones) is 1. The second kappa shape index (κ2) is 26.2. The van der Waals surface area contributed by atoms with Crippen molar-refractivity contribution < 1.29 is 76.8 Å². The molecule has 18 atom stereocenters. The number of benzene rings is 1. The van der Waals surface area contributed by atoms with Gasteiger partial charge in [-0.3, -0.25) is 23.9 Å². The zero-order valence-corrected chi connectivity index (χ0v) is 50.1. The van der Waals surface area contributed by atoms with Gasteiger partial charge in [-0.1, -0.05) is 33.8 Å². The number of likely N-dealkylation sites (N-methyl/N-ethyl adjacent to an activating group) is 1. The molecule has 1 aromatic heterocycles. The fourth-order valence-electron chi connectivity index (χ4n) is 12.7. The summed E-state index contributed by atoms with van der Waals surface area (Å²) in [7, 11) is 12.2. The molecule has 4 fully saturated rings. The number of aromatic carboxylic acids is 1. The Balaban J connectivity index is 1.22. The molecular formula is C58H91N5O17. The number of aliphatic hydroxyl groups is 1. The van der Waals surface area contributed by atoms with Crippen LogP contribution in [0.1, 0.15) is 124 Å². The Morgan fingerprint density at radius 1 is 0.875 bits per heavy atom. The number of Topliss-reactive ketones (excluding diaryl/α,β-unsaturated/α-hetero) is 1. The van der Waals surface area contributed by atoms with Crippen LogP contribution in [0.25, 0.3) is 10.9 Å². The largest absolute Gasteiger partial charge is 0.477 e. The van der Waals surface area contributed by atoms with E-state index in [4.69, 9.17) is 42.6 Å². The van der Waals surface area contributed by atoms with Gasteiger partial charge >= 0.3 is 24.0 Å². The SMILES string of the molecule is CC[C@H]1OC(=O)[C@H](C)[C@@H](O[C@H]2C[C@@](C)(OC)[C@@H](OC(=O)CCN(C)CCCc3ccc4c(c3)c(=O)c(C(=O)O)cn4N(C)C)[C@H](C)O2)[C@H](C)[C@@H](O[C@@H]2O[C@H](C)C[C@H](N(C)C)[C@H]2O)[C@](C)(OC)C[C@@H](C)C(=O)[C@H](C)[C@H]2NC(=O)O[C@@]21C. The summed E-state index contributed by atoms with van der Waals surface area (Å²) in [6.07, 6.45) is -5.47. The first-order valence-corrected chi connectivity index (χ1v) is 28.2. The number of ether oxygens (including phenoxy) is 9. The van der Waals surface area contributed by atoms with E-state index in [1.807, 2.05) is 77.7 Å². The number of carboxylic acid groups (broad SMARTS) is 1. The second-order valence-electron chi connectivity index (χ2n) is 24.0. The Kier molecular flexibility index (Phi) is 21.1. The topological polar surface area (TPSA) is 253 Å². The number of pyridine rings is 1. The molecule has 4 saturated heterocycles. The summed E-state index contributed by atoms with van der Waals surface area (Å²) in [6.45, 7) is 18.8. The van der Waals surface area contributed by atoms with E-state index in [0.29, 0.717) is 43.3 Å². The highest BCUT2D eigenvalue weighted by molar-refractivity contribution is 5.93. The summed E-state index contributed by atoms with van der Waals surface area (Å²) in [6, 6.07) is 4.30. The molecule has 0 saturated carbocycles. The molecule has 450 valence electrons. The summed E-state index contributed by atoms with van der Waals surface area (Å²) in [4.78, 5) is 85.1. The minimum absolute atomic E-state index is 0.0496. The molecule has 4 aliphatic heterocycles. The van der Waals surface area contributed by atoms with Gasteiger partial charge in [-0.05, 0) is 119 Å². The third-order valence-electron chi connectivity index (χ3n) is 17.5. The summed E-state index contributed by atoms with van der Waals surface area (Å²) < 4.78 is 59.6. The minimum Gasteiger partial charge on any atom is -0.477 e. The third kappa shape index (κ3) is 13.8. The number of methoxy groups -OCH3 is 2. The Morgan fingerprint density at radius 2 is 1.54 bits per heavy atom. The fraction of sp³-hybridized carbons (Fsp3) is 0.759. The van der Waals surface area contributed by atoms with E-state index in [1.165, 1.54) is 20.4 Å². The lowest BCUT2D eigenvalue weighted by Gasteiger charge is -2.50. The average Bonchev–Trinajstić information content (AvgIpc) is 3.76. The molecule has 80 heavy (non-hydrogen) atoms. The molecule has 0 bridgehead atoms. The molecule has 0 radical (unpaired) electrons. The van der Waals surface area contributed by atoms with Gasteiger partial charge in [-0.25, -0.2) is 9.59 Å². The summed E-state index contributed by atoms with van der Waals surface area (Å²) in [5, 5.41) is 26.4. The fourth-order valence-corrected chi connectivity index (χ4v) is 12.7. The van der Waals surface area contributed by atoms with Crippen molar-refractivity contribution in [2.75, 3.05) is 67.6 Å². The van der Waals surface area contributed by atoms with Gasteiger partial charge in [0, 0.05) is 76.7 Å². The first-order valence-electron chi connectivity index (χ1n) is 28.2. The number of amides is 1. The third-order valence-corrected chi connectivity index (χ3v) is 17.5. The Labute approximate surface area is 471 Å². The zero-order valence-electron chi connectivity index (χ0n) is 50.1. The van der Waals surface area contributed by atoms with Crippen molar-refractivity contribution in [1.82, 2.24) is 19.8 Å². The molecule has 2 aromatic rings.